The summed E-state index contributed by atoms with van der Waals surface area (Å²) in [6, 6.07) is 8.51. The molecule has 4 atom stereocenters. The highest BCUT2D eigenvalue weighted by Gasteiger charge is 2.36. The fourth-order valence-corrected chi connectivity index (χ4v) is 5.76. The fourth-order valence-electron chi connectivity index (χ4n) is 5.76. The molecule has 2 aliphatic carbocycles. The summed E-state index contributed by atoms with van der Waals surface area (Å²) in [6.45, 7) is 2.27. The summed E-state index contributed by atoms with van der Waals surface area (Å²) >= 11 is 0. The monoisotopic (exact) mass is 367 g/mol. The van der Waals surface area contributed by atoms with E-state index in [0.29, 0.717) is 11.3 Å². The highest BCUT2D eigenvalue weighted by molar-refractivity contribution is 5.86. The van der Waals surface area contributed by atoms with Crippen molar-refractivity contribution in [1.82, 2.24) is 0 Å². The van der Waals surface area contributed by atoms with Crippen molar-refractivity contribution >= 4 is 10.8 Å². The predicted molar refractivity (Wildman–Crippen MR) is 104 cm³/mol. The van der Waals surface area contributed by atoms with Gasteiger partial charge in [-0.1, -0.05) is 38.3 Å². The summed E-state index contributed by atoms with van der Waals surface area (Å²) in [7, 11) is 0. The van der Waals surface area contributed by atoms with Crippen LogP contribution in [0.5, 0.6) is 0 Å². The molecule has 3 heteroatoms. The molecule has 2 aliphatic rings. The van der Waals surface area contributed by atoms with E-state index in [-0.39, 0.29) is 16.9 Å². The lowest BCUT2D eigenvalue weighted by atomic mass is 9.63. The van der Waals surface area contributed by atoms with Crippen LogP contribution in [0.4, 0.5) is 8.78 Å². The van der Waals surface area contributed by atoms with Crippen LogP contribution in [-0.2, 0) is 0 Å². The van der Waals surface area contributed by atoms with Gasteiger partial charge in [-0.05, 0) is 78.9 Å². The van der Waals surface area contributed by atoms with Gasteiger partial charge < -0.3 is 0 Å². The highest BCUT2D eigenvalue weighted by Crippen LogP contribution is 2.49. The maximum Gasteiger partial charge on any atom is 0.152 e. The van der Waals surface area contributed by atoms with Gasteiger partial charge in [0.15, 0.2) is 5.82 Å². The first kappa shape index (κ1) is 18.4. The van der Waals surface area contributed by atoms with Crippen molar-refractivity contribution in [2.45, 2.75) is 64.2 Å². The smallest absolute Gasteiger partial charge is 0.152 e. The van der Waals surface area contributed by atoms with Crippen molar-refractivity contribution in [2.75, 3.05) is 0 Å². The topological polar surface area (TPSA) is 23.8 Å². The first-order valence-corrected chi connectivity index (χ1v) is 10.4. The van der Waals surface area contributed by atoms with Crippen LogP contribution in [-0.4, -0.2) is 0 Å². The molecule has 0 aromatic heterocycles. The number of nitriles is 1. The predicted octanol–water partition coefficient (Wildman–Crippen LogP) is 7.09. The first-order valence-electron chi connectivity index (χ1n) is 10.4. The van der Waals surface area contributed by atoms with Gasteiger partial charge in [0.05, 0.1) is 10.9 Å². The Balaban J connectivity index is 1.63. The molecule has 0 saturated heterocycles. The molecule has 2 unspecified atom stereocenters. The van der Waals surface area contributed by atoms with E-state index >= 15 is 0 Å². The van der Waals surface area contributed by atoms with E-state index < -0.39 is 11.6 Å². The molecule has 0 bridgehead atoms. The minimum atomic E-state index is -0.683. The van der Waals surface area contributed by atoms with Crippen LogP contribution in [0.15, 0.2) is 24.3 Å². The molecule has 0 N–H and O–H groups in total. The van der Waals surface area contributed by atoms with Crippen LogP contribution in [0, 0.1) is 40.7 Å². The molecule has 4 rings (SSSR count). The number of benzene rings is 2. The van der Waals surface area contributed by atoms with E-state index in [2.05, 4.69) is 6.92 Å². The van der Waals surface area contributed by atoms with Crippen molar-refractivity contribution in [1.29, 1.82) is 5.26 Å². The molecule has 0 heterocycles. The van der Waals surface area contributed by atoms with Gasteiger partial charge in [-0.2, -0.15) is 5.26 Å². The van der Waals surface area contributed by atoms with Crippen LogP contribution in [0.25, 0.3) is 10.8 Å². The molecule has 2 aromatic carbocycles. The third-order valence-electron chi connectivity index (χ3n) is 7.05. The second kappa shape index (κ2) is 7.58. The summed E-state index contributed by atoms with van der Waals surface area (Å²) < 4.78 is 29.1. The molecular weight excluding hydrogens is 340 g/mol. The maximum atomic E-state index is 15.0. The van der Waals surface area contributed by atoms with Crippen LogP contribution in [0.2, 0.25) is 0 Å². The third-order valence-corrected chi connectivity index (χ3v) is 7.05. The highest BCUT2D eigenvalue weighted by atomic mass is 19.1. The van der Waals surface area contributed by atoms with Crippen LogP contribution in [0.1, 0.15) is 75.3 Å². The molecule has 1 nitrogen and oxygen atoms in total. The molecule has 0 spiro atoms. The Labute approximate surface area is 160 Å². The molecule has 0 radical (unpaired) electrons. The van der Waals surface area contributed by atoms with Gasteiger partial charge in [0.1, 0.15) is 11.9 Å². The number of halogens is 2. The molecule has 0 amide bonds. The van der Waals surface area contributed by atoms with E-state index in [1.807, 2.05) is 12.1 Å². The molecule has 27 heavy (non-hydrogen) atoms. The maximum absolute atomic E-state index is 15.0. The van der Waals surface area contributed by atoms with Gasteiger partial charge >= 0.3 is 0 Å². The zero-order chi connectivity index (χ0) is 19.0. The Morgan fingerprint density at radius 2 is 1.85 bits per heavy atom. The zero-order valence-electron chi connectivity index (χ0n) is 16.0. The number of rotatable bonds is 3. The summed E-state index contributed by atoms with van der Waals surface area (Å²) in [6.07, 6.45) is 9.74. The van der Waals surface area contributed by atoms with Crippen LogP contribution < -0.4 is 0 Å². The Morgan fingerprint density at radius 1 is 1.07 bits per heavy atom. The van der Waals surface area contributed by atoms with E-state index in [4.69, 9.17) is 0 Å². The Bertz CT molecular complexity index is 882. The Morgan fingerprint density at radius 3 is 2.63 bits per heavy atom. The standard InChI is InChI=1S/C24H27F2N/c1-2-4-15-7-8-17-12-18(10-9-16(17)11-15)20-13-19-5-3-6-22(25)23(19)24(26)21(20)14-27/h3,5-6,13,15-18H,2,4,7-12H2,1H3/t15-,16?,17-,18?/m1/s1. The normalized spacial score (nSPS) is 27.9. The summed E-state index contributed by atoms with van der Waals surface area (Å²) in [4.78, 5) is 0. The number of hydrogen-bond acceptors (Lipinski definition) is 1. The van der Waals surface area contributed by atoms with Gasteiger partial charge in [0.2, 0.25) is 0 Å². The van der Waals surface area contributed by atoms with Gasteiger partial charge in [-0.15, -0.1) is 0 Å². The molecule has 2 fully saturated rings. The third kappa shape index (κ3) is 3.35. The number of hydrogen-bond donors (Lipinski definition) is 0. The molecule has 142 valence electrons. The largest absolute Gasteiger partial charge is 0.206 e. The van der Waals surface area contributed by atoms with Gasteiger partial charge in [-0.25, -0.2) is 8.78 Å². The van der Waals surface area contributed by atoms with E-state index in [1.54, 1.807) is 12.1 Å². The lowest BCUT2D eigenvalue weighted by Crippen LogP contribution is -2.30. The molecule has 0 aliphatic heterocycles. The van der Waals surface area contributed by atoms with E-state index in [9.17, 15) is 14.0 Å². The fraction of sp³-hybridized carbons (Fsp3) is 0.542. The second-order valence-corrected chi connectivity index (χ2v) is 8.60. The average Bonchev–Trinajstić information content (AvgIpc) is 2.67. The number of fused-ring (bicyclic) bond motifs is 2. The Hall–Kier alpha value is -1.95. The van der Waals surface area contributed by atoms with Crippen molar-refractivity contribution in [3.8, 4) is 6.07 Å². The zero-order valence-corrected chi connectivity index (χ0v) is 16.0. The van der Waals surface area contributed by atoms with Gasteiger partial charge in [-0.3, -0.25) is 0 Å². The minimum Gasteiger partial charge on any atom is -0.206 e. The number of nitrogens with zero attached hydrogens (tertiary/aromatic N) is 1. The van der Waals surface area contributed by atoms with Crippen LogP contribution in [0.3, 0.4) is 0 Å². The average molecular weight is 367 g/mol. The SMILES string of the molecule is CCC[C@@H]1CC[C@@H]2CC(c3cc4cccc(F)c4c(F)c3C#N)CCC2C1. The first-order chi connectivity index (χ1) is 13.1. The van der Waals surface area contributed by atoms with Crippen molar-refractivity contribution < 1.29 is 8.78 Å². The molecule has 2 aromatic rings. The Kier molecular flexibility index (Phi) is 5.17. The minimum absolute atomic E-state index is 0.0495. The molecular formula is C24H27F2N. The van der Waals surface area contributed by atoms with Gasteiger partial charge in [0, 0.05) is 0 Å². The summed E-state index contributed by atoms with van der Waals surface area (Å²) in [5.41, 5.74) is 0.845. The summed E-state index contributed by atoms with van der Waals surface area (Å²) in [5.74, 6) is 1.30. The van der Waals surface area contributed by atoms with E-state index in [1.165, 1.54) is 44.6 Å². The molecule has 2 saturated carbocycles. The lowest BCUT2D eigenvalue weighted by molar-refractivity contribution is 0.114. The summed E-state index contributed by atoms with van der Waals surface area (Å²) in [5, 5.41) is 10.1. The van der Waals surface area contributed by atoms with Crippen molar-refractivity contribution in [3.63, 3.8) is 0 Å². The quantitative estimate of drug-likeness (QED) is 0.568. The van der Waals surface area contributed by atoms with Crippen molar-refractivity contribution in [3.05, 3.63) is 47.0 Å². The van der Waals surface area contributed by atoms with E-state index in [0.717, 1.165) is 30.2 Å². The van der Waals surface area contributed by atoms with Crippen molar-refractivity contribution in [2.24, 2.45) is 17.8 Å². The van der Waals surface area contributed by atoms with Crippen LogP contribution >= 0.6 is 0 Å². The van der Waals surface area contributed by atoms with Gasteiger partial charge in [0.25, 0.3) is 0 Å². The lowest BCUT2D eigenvalue weighted by Gasteiger charge is -2.42. The second-order valence-electron chi connectivity index (χ2n) is 8.60.